The molecule has 2 rings (SSSR count). The fourth-order valence-electron chi connectivity index (χ4n) is 2.25. The molecule has 4 heteroatoms. The Morgan fingerprint density at radius 3 is 2.83 bits per heavy atom. The van der Waals surface area contributed by atoms with E-state index in [4.69, 9.17) is 5.11 Å². The van der Waals surface area contributed by atoms with Crippen molar-refractivity contribution >= 4 is 32.8 Å². The summed E-state index contributed by atoms with van der Waals surface area (Å²) in [7, 11) is 0. The molecule has 1 heterocycles. The summed E-state index contributed by atoms with van der Waals surface area (Å²) >= 11 is 3.54. The lowest BCUT2D eigenvalue weighted by Crippen LogP contribution is -2.14. The maximum absolute atomic E-state index is 11.0. The first kappa shape index (κ1) is 13.1. The minimum atomic E-state index is -0.748. The van der Waals surface area contributed by atoms with Gasteiger partial charge in [0.25, 0.3) is 0 Å². The number of carboxylic acids is 1. The third-order valence-corrected chi connectivity index (χ3v) is 3.92. The highest BCUT2D eigenvalue weighted by molar-refractivity contribution is 9.10. The van der Waals surface area contributed by atoms with Crippen molar-refractivity contribution in [3.8, 4) is 0 Å². The number of hydrogen-bond acceptors (Lipinski definition) is 1. The van der Waals surface area contributed by atoms with Crippen LogP contribution in [0.3, 0.4) is 0 Å². The fraction of sp³-hybridized carbons (Fsp3) is 0.357. The number of halogens is 1. The van der Waals surface area contributed by atoms with Crippen molar-refractivity contribution < 1.29 is 9.90 Å². The van der Waals surface area contributed by atoms with Gasteiger partial charge in [-0.2, -0.15) is 0 Å². The van der Waals surface area contributed by atoms with Crippen LogP contribution < -0.4 is 0 Å². The van der Waals surface area contributed by atoms with E-state index in [2.05, 4.69) is 39.6 Å². The van der Waals surface area contributed by atoms with E-state index in [1.165, 1.54) is 0 Å². The summed E-state index contributed by atoms with van der Waals surface area (Å²) in [5.41, 5.74) is 2.23. The van der Waals surface area contributed by atoms with E-state index >= 15 is 0 Å². The number of aromatic nitrogens is 1. The molecule has 2 aromatic rings. The second kappa shape index (κ2) is 5.14. The average Bonchev–Trinajstić information content (AvgIpc) is 2.68. The lowest BCUT2D eigenvalue weighted by Gasteiger charge is -2.10. The van der Waals surface area contributed by atoms with Crippen molar-refractivity contribution in [2.75, 3.05) is 0 Å². The first-order valence-corrected chi connectivity index (χ1v) is 6.83. The summed E-state index contributed by atoms with van der Waals surface area (Å²) in [4.78, 5) is 11.0. The zero-order valence-electron chi connectivity index (χ0n) is 10.5. The maximum Gasteiger partial charge on any atom is 0.306 e. The van der Waals surface area contributed by atoms with E-state index in [1.807, 2.05) is 12.1 Å². The van der Waals surface area contributed by atoms with E-state index < -0.39 is 5.97 Å². The van der Waals surface area contributed by atoms with Crippen molar-refractivity contribution in [1.82, 2.24) is 4.57 Å². The lowest BCUT2D eigenvalue weighted by atomic mass is 10.1. The van der Waals surface area contributed by atoms with Gasteiger partial charge in [0.05, 0.1) is 5.92 Å². The molecule has 1 aromatic carbocycles. The number of benzene rings is 1. The number of nitrogens with zero attached hydrogens (tertiary/aromatic N) is 1. The topological polar surface area (TPSA) is 42.2 Å². The van der Waals surface area contributed by atoms with Crippen LogP contribution in [-0.2, 0) is 17.8 Å². The van der Waals surface area contributed by atoms with Gasteiger partial charge >= 0.3 is 5.97 Å². The minimum absolute atomic E-state index is 0.363. The molecule has 1 N–H and O–H groups in total. The molecular formula is C14H16BrNO2. The maximum atomic E-state index is 11.0. The molecule has 0 amide bonds. The number of aryl methyl sites for hydroxylation is 1. The molecule has 0 radical (unpaired) electrons. The van der Waals surface area contributed by atoms with Crippen LogP contribution in [0.5, 0.6) is 0 Å². The zero-order valence-corrected chi connectivity index (χ0v) is 12.1. The van der Waals surface area contributed by atoms with E-state index in [1.54, 1.807) is 6.92 Å². The Morgan fingerprint density at radius 2 is 2.22 bits per heavy atom. The van der Waals surface area contributed by atoms with Gasteiger partial charge in [-0.1, -0.05) is 28.9 Å². The molecule has 0 aliphatic rings. The molecular weight excluding hydrogens is 294 g/mol. The quantitative estimate of drug-likeness (QED) is 0.936. The number of fused-ring (bicyclic) bond motifs is 1. The number of carboxylic acid groups (broad SMARTS) is 1. The van der Waals surface area contributed by atoms with Gasteiger partial charge in [-0.25, -0.2) is 0 Å². The Balaban J connectivity index is 2.50. The molecule has 0 spiro atoms. The van der Waals surface area contributed by atoms with Crippen LogP contribution in [0.25, 0.3) is 10.9 Å². The Labute approximate surface area is 115 Å². The van der Waals surface area contributed by atoms with Gasteiger partial charge in [0.2, 0.25) is 0 Å². The van der Waals surface area contributed by atoms with Gasteiger partial charge in [0, 0.05) is 34.0 Å². The van der Waals surface area contributed by atoms with E-state index in [-0.39, 0.29) is 5.92 Å². The first-order chi connectivity index (χ1) is 8.54. The van der Waals surface area contributed by atoms with Gasteiger partial charge in [0.15, 0.2) is 0 Å². The van der Waals surface area contributed by atoms with E-state index in [0.29, 0.717) is 6.42 Å². The molecule has 0 aliphatic carbocycles. The van der Waals surface area contributed by atoms with Gasteiger partial charge in [0.1, 0.15) is 0 Å². The Hall–Kier alpha value is -1.29. The van der Waals surface area contributed by atoms with Crippen molar-refractivity contribution in [3.63, 3.8) is 0 Å². The number of carbonyl (C=O) groups is 1. The molecule has 1 aromatic heterocycles. The third-order valence-electron chi connectivity index (χ3n) is 3.23. The van der Waals surface area contributed by atoms with Crippen LogP contribution in [0.2, 0.25) is 0 Å². The third kappa shape index (κ3) is 2.29. The van der Waals surface area contributed by atoms with Crippen LogP contribution in [0.15, 0.2) is 28.7 Å². The molecule has 0 saturated heterocycles. The average molecular weight is 310 g/mol. The summed E-state index contributed by atoms with van der Waals surface area (Å²) in [5, 5.41) is 10.2. The second-order valence-corrected chi connectivity index (χ2v) is 5.35. The Bertz CT molecular complexity index is 589. The fourth-order valence-corrected chi connectivity index (χ4v) is 2.72. The minimum Gasteiger partial charge on any atom is -0.481 e. The monoisotopic (exact) mass is 309 g/mol. The van der Waals surface area contributed by atoms with Crippen LogP contribution in [0.4, 0.5) is 0 Å². The highest BCUT2D eigenvalue weighted by Crippen LogP contribution is 2.28. The van der Waals surface area contributed by atoms with E-state index in [9.17, 15) is 4.79 Å². The molecule has 0 bridgehead atoms. The van der Waals surface area contributed by atoms with Gasteiger partial charge < -0.3 is 9.67 Å². The molecule has 1 unspecified atom stereocenters. The molecule has 0 saturated carbocycles. The van der Waals surface area contributed by atoms with Crippen molar-refractivity contribution in [1.29, 1.82) is 0 Å². The zero-order chi connectivity index (χ0) is 13.3. The van der Waals surface area contributed by atoms with Gasteiger partial charge in [-0.3, -0.25) is 4.79 Å². The van der Waals surface area contributed by atoms with Crippen LogP contribution >= 0.6 is 15.9 Å². The molecule has 0 aliphatic heterocycles. The summed E-state index contributed by atoms with van der Waals surface area (Å²) in [6, 6.07) is 8.16. The van der Waals surface area contributed by atoms with Gasteiger partial charge in [-0.05, 0) is 25.1 Å². The largest absolute Gasteiger partial charge is 0.481 e. The van der Waals surface area contributed by atoms with Crippen LogP contribution in [0, 0.1) is 5.92 Å². The molecule has 96 valence electrons. The number of aliphatic carboxylic acids is 1. The SMILES string of the molecule is CCn1c(CC(C)C(=O)O)cc2c(Br)cccc21. The number of rotatable bonds is 4. The molecule has 3 nitrogen and oxygen atoms in total. The molecule has 1 atom stereocenters. The predicted molar refractivity (Wildman–Crippen MR) is 75.8 cm³/mol. The second-order valence-electron chi connectivity index (χ2n) is 4.50. The Morgan fingerprint density at radius 1 is 1.50 bits per heavy atom. The summed E-state index contributed by atoms with van der Waals surface area (Å²) in [5.74, 6) is -1.11. The van der Waals surface area contributed by atoms with Crippen molar-refractivity contribution in [2.24, 2.45) is 5.92 Å². The number of hydrogen-bond donors (Lipinski definition) is 1. The van der Waals surface area contributed by atoms with Gasteiger partial charge in [-0.15, -0.1) is 0 Å². The smallest absolute Gasteiger partial charge is 0.306 e. The van der Waals surface area contributed by atoms with Crippen molar-refractivity contribution in [3.05, 3.63) is 34.4 Å². The molecule has 0 fully saturated rings. The van der Waals surface area contributed by atoms with Crippen molar-refractivity contribution in [2.45, 2.75) is 26.8 Å². The summed E-state index contributed by atoms with van der Waals surface area (Å²) in [6.07, 6.45) is 0.560. The Kier molecular flexibility index (Phi) is 3.76. The van der Waals surface area contributed by atoms with Crippen LogP contribution in [0.1, 0.15) is 19.5 Å². The standard InChI is InChI=1S/C14H16BrNO2/c1-3-16-10(7-9(2)14(17)18)8-11-12(15)5-4-6-13(11)16/h4-6,8-9H,3,7H2,1-2H3,(H,17,18). The predicted octanol–water partition coefficient (Wildman–Crippen LogP) is 3.69. The summed E-state index contributed by atoms with van der Waals surface area (Å²) < 4.78 is 3.23. The highest BCUT2D eigenvalue weighted by atomic mass is 79.9. The first-order valence-electron chi connectivity index (χ1n) is 6.04. The molecule has 18 heavy (non-hydrogen) atoms. The van der Waals surface area contributed by atoms with Crippen LogP contribution in [-0.4, -0.2) is 15.6 Å². The van der Waals surface area contributed by atoms with E-state index in [0.717, 1.165) is 27.6 Å². The summed E-state index contributed by atoms with van der Waals surface area (Å²) in [6.45, 7) is 4.67. The highest BCUT2D eigenvalue weighted by Gasteiger charge is 2.16. The lowest BCUT2D eigenvalue weighted by molar-refractivity contribution is -0.141. The normalized spacial score (nSPS) is 12.8.